The van der Waals surface area contributed by atoms with Crippen molar-refractivity contribution >= 4 is 19.8 Å². The molecule has 310 valence electrons. The average Bonchev–Trinajstić information content (AvgIpc) is 3.12. The topological polar surface area (TPSA) is 108 Å². The number of rotatable bonds is 36. The molecule has 10 heteroatoms. The molecule has 0 radical (unpaired) electrons. The molecule has 1 N–H and O–H groups in total. The maximum atomic E-state index is 12.7. The van der Waals surface area contributed by atoms with E-state index in [1.807, 2.05) is 51.5 Å². The Hall–Kier alpha value is -2.55. The molecule has 54 heavy (non-hydrogen) atoms. The Labute approximate surface area is 329 Å². The highest BCUT2D eigenvalue weighted by molar-refractivity contribution is 7.47. The number of phosphoric ester groups is 1. The molecule has 0 aliphatic rings. The lowest BCUT2D eigenvalue weighted by Crippen LogP contribution is -2.37. The van der Waals surface area contributed by atoms with Gasteiger partial charge in [-0.2, -0.15) is 0 Å². The number of unbranched alkanes of at least 4 members (excludes halogenated alkanes) is 14. The summed E-state index contributed by atoms with van der Waals surface area (Å²) < 4.78 is 34.2. The number of nitrogens with zero attached hydrogens (tertiary/aromatic N) is 1. The van der Waals surface area contributed by atoms with Crippen LogP contribution in [0.1, 0.15) is 142 Å². The van der Waals surface area contributed by atoms with Crippen LogP contribution in [0.25, 0.3) is 0 Å². The first-order chi connectivity index (χ1) is 26.0. The Balaban J connectivity index is 4.49. The van der Waals surface area contributed by atoms with Crippen LogP contribution < -0.4 is 0 Å². The second-order valence-electron chi connectivity index (χ2n) is 14.8. The number of phosphoric acid groups is 1. The van der Waals surface area contributed by atoms with Gasteiger partial charge in [0.25, 0.3) is 0 Å². The van der Waals surface area contributed by atoms with E-state index in [1.54, 1.807) is 0 Å². The van der Waals surface area contributed by atoms with Crippen molar-refractivity contribution in [2.24, 2.45) is 0 Å². The normalized spacial score (nSPS) is 14.4. The van der Waals surface area contributed by atoms with E-state index in [0.29, 0.717) is 23.9 Å². The van der Waals surface area contributed by atoms with Gasteiger partial charge in [0.05, 0.1) is 27.7 Å². The van der Waals surface area contributed by atoms with Crippen LogP contribution in [0.3, 0.4) is 0 Å². The van der Waals surface area contributed by atoms with Crippen LogP contribution in [0.15, 0.2) is 72.9 Å². The van der Waals surface area contributed by atoms with Gasteiger partial charge in [0.2, 0.25) is 0 Å². The maximum Gasteiger partial charge on any atom is 0.472 e. The molecule has 1 unspecified atom stereocenters. The fraction of sp³-hybridized carbons (Fsp3) is 0.682. The van der Waals surface area contributed by atoms with Gasteiger partial charge in [-0.05, 0) is 57.8 Å². The third-order valence-corrected chi connectivity index (χ3v) is 9.33. The SMILES string of the molecule is CC/C=C/C=C/C=C/C=C/CCCCCCCC(=O)OC[C@H](COP(=O)(O)OCC[N+](C)(C)C)OC(=O)CCCCCCC/C=C/C=C/CCCCCC. The summed E-state index contributed by atoms with van der Waals surface area (Å²) in [6.45, 7) is 4.19. The first-order valence-corrected chi connectivity index (χ1v) is 22.2. The standard InChI is InChI=1S/C44H76NO8P/c1-6-8-10-12-14-16-18-20-22-24-26-28-30-32-34-36-43(46)50-40-42(41-52-54(48,49)51-39-38-45(3,4)5)53-44(47)37-35-33-31-29-27-25-23-21-19-17-15-13-11-9-7-2/h8,10,12,14,16-23,42H,6-7,9,11,13,15,24-41H2,1-5H3/p+1/b10-8+,14-12+,18-16+,19-17+,22-20+,23-21+/t42-/m1/s1. The average molecular weight is 779 g/mol. The third-order valence-electron chi connectivity index (χ3n) is 8.34. The van der Waals surface area contributed by atoms with Crippen LogP contribution >= 0.6 is 7.82 Å². The van der Waals surface area contributed by atoms with Gasteiger partial charge in [-0.15, -0.1) is 0 Å². The van der Waals surface area contributed by atoms with Gasteiger partial charge >= 0.3 is 19.8 Å². The molecule has 0 aliphatic heterocycles. The Morgan fingerprint density at radius 2 is 1.06 bits per heavy atom. The first kappa shape index (κ1) is 51.5. The van der Waals surface area contributed by atoms with Crippen LogP contribution in [-0.2, 0) is 32.7 Å². The molecule has 0 bridgehead atoms. The molecule has 0 aromatic rings. The largest absolute Gasteiger partial charge is 0.472 e. The molecule has 0 amide bonds. The zero-order chi connectivity index (χ0) is 40.0. The van der Waals surface area contributed by atoms with E-state index in [4.69, 9.17) is 18.5 Å². The molecule has 0 saturated carbocycles. The van der Waals surface area contributed by atoms with Gasteiger partial charge in [-0.25, -0.2) is 4.57 Å². The van der Waals surface area contributed by atoms with Gasteiger partial charge in [-0.1, -0.05) is 145 Å². The third kappa shape index (κ3) is 39.2. The van der Waals surface area contributed by atoms with Crippen LogP contribution in [0.5, 0.6) is 0 Å². The van der Waals surface area contributed by atoms with Crippen molar-refractivity contribution in [2.75, 3.05) is 47.5 Å². The molecule has 9 nitrogen and oxygen atoms in total. The van der Waals surface area contributed by atoms with Crippen molar-refractivity contribution in [3.8, 4) is 0 Å². The van der Waals surface area contributed by atoms with E-state index in [1.165, 1.54) is 25.7 Å². The summed E-state index contributed by atoms with van der Waals surface area (Å²) >= 11 is 0. The van der Waals surface area contributed by atoms with E-state index in [-0.39, 0.29) is 26.1 Å². The minimum atomic E-state index is -4.39. The Bertz CT molecular complexity index is 1150. The quantitative estimate of drug-likeness (QED) is 0.0220. The monoisotopic (exact) mass is 779 g/mol. The highest BCUT2D eigenvalue weighted by Crippen LogP contribution is 2.43. The number of hydrogen-bond donors (Lipinski definition) is 1. The summed E-state index contributed by atoms with van der Waals surface area (Å²) in [6.07, 6.45) is 43.7. The van der Waals surface area contributed by atoms with Crippen molar-refractivity contribution in [1.82, 2.24) is 0 Å². The summed E-state index contributed by atoms with van der Waals surface area (Å²) in [6, 6.07) is 0. The van der Waals surface area contributed by atoms with Crippen LogP contribution in [0.2, 0.25) is 0 Å². The molecule has 0 spiro atoms. The fourth-order valence-corrected chi connectivity index (χ4v) is 5.81. The summed E-state index contributed by atoms with van der Waals surface area (Å²) in [5.41, 5.74) is 0. The lowest BCUT2D eigenvalue weighted by atomic mass is 10.1. The maximum absolute atomic E-state index is 12.7. The van der Waals surface area contributed by atoms with E-state index in [9.17, 15) is 19.0 Å². The van der Waals surface area contributed by atoms with Crippen molar-refractivity contribution < 1.29 is 42.1 Å². The van der Waals surface area contributed by atoms with Crippen LogP contribution in [-0.4, -0.2) is 74.9 Å². The summed E-state index contributed by atoms with van der Waals surface area (Å²) in [5.74, 6) is -0.852. The zero-order valence-electron chi connectivity index (χ0n) is 34.7. The molecule has 0 fully saturated rings. The first-order valence-electron chi connectivity index (χ1n) is 20.7. The van der Waals surface area contributed by atoms with Gasteiger partial charge in [0.1, 0.15) is 19.8 Å². The van der Waals surface area contributed by atoms with Crippen molar-refractivity contribution in [3.05, 3.63) is 72.9 Å². The molecule has 0 aromatic carbocycles. The van der Waals surface area contributed by atoms with E-state index in [0.717, 1.165) is 77.0 Å². The number of quaternary nitrogens is 1. The predicted molar refractivity (Wildman–Crippen MR) is 224 cm³/mol. The van der Waals surface area contributed by atoms with E-state index < -0.39 is 32.5 Å². The Morgan fingerprint density at radius 3 is 1.59 bits per heavy atom. The smallest absolute Gasteiger partial charge is 0.462 e. The number of carbonyl (C=O) groups excluding carboxylic acids is 2. The van der Waals surface area contributed by atoms with Gasteiger partial charge in [0, 0.05) is 12.8 Å². The molecule has 2 atom stereocenters. The van der Waals surface area contributed by atoms with E-state index in [2.05, 4.69) is 56.4 Å². The van der Waals surface area contributed by atoms with E-state index >= 15 is 0 Å². The second-order valence-corrected chi connectivity index (χ2v) is 16.2. The number of allylic oxidation sites excluding steroid dienone is 12. The van der Waals surface area contributed by atoms with Crippen molar-refractivity contribution in [2.45, 2.75) is 148 Å². The number of hydrogen-bond acceptors (Lipinski definition) is 7. The second kappa shape index (κ2) is 36.1. The summed E-state index contributed by atoms with van der Waals surface area (Å²) in [5, 5.41) is 0. The molecular weight excluding hydrogens is 701 g/mol. The zero-order valence-corrected chi connectivity index (χ0v) is 35.6. The number of ether oxygens (including phenoxy) is 2. The molecule has 0 aromatic heterocycles. The molecule has 0 heterocycles. The van der Waals surface area contributed by atoms with Crippen LogP contribution in [0.4, 0.5) is 0 Å². The fourth-order valence-electron chi connectivity index (χ4n) is 5.07. The Kier molecular flexibility index (Phi) is 34.4. The molecular formula is C44H77NO8P+. The lowest BCUT2D eigenvalue weighted by molar-refractivity contribution is -0.870. The van der Waals surface area contributed by atoms with Crippen molar-refractivity contribution in [3.63, 3.8) is 0 Å². The summed E-state index contributed by atoms with van der Waals surface area (Å²) in [4.78, 5) is 35.3. The Morgan fingerprint density at radius 1 is 0.593 bits per heavy atom. The lowest BCUT2D eigenvalue weighted by Gasteiger charge is -2.24. The number of carbonyl (C=O) groups is 2. The molecule has 0 aliphatic carbocycles. The van der Waals surface area contributed by atoms with Gasteiger partial charge in [0.15, 0.2) is 6.10 Å². The minimum Gasteiger partial charge on any atom is -0.462 e. The van der Waals surface area contributed by atoms with Gasteiger partial charge in [-0.3, -0.25) is 18.6 Å². The summed E-state index contributed by atoms with van der Waals surface area (Å²) in [7, 11) is 1.44. The predicted octanol–water partition coefficient (Wildman–Crippen LogP) is 11.5. The van der Waals surface area contributed by atoms with Gasteiger partial charge < -0.3 is 18.9 Å². The highest BCUT2D eigenvalue weighted by Gasteiger charge is 2.27. The van der Waals surface area contributed by atoms with Crippen LogP contribution in [0, 0.1) is 0 Å². The van der Waals surface area contributed by atoms with Crippen molar-refractivity contribution in [1.29, 1.82) is 0 Å². The minimum absolute atomic E-state index is 0.0204. The highest BCUT2D eigenvalue weighted by atomic mass is 31.2. The number of likely N-dealkylation sites (N-methyl/N-ethyl adjacent to an activating group) is 1. The molecule has 0 rings (SSSR count). The molecule has 0 saturated heterocycles. The number of esters is 2.